The molecule has 2 bridgehead atoms. The molecule has 3 heterocycles. The first-order valence-corrected chi connectivity index (χ1v) is 23.9. The van der Waals surface area contributed by atoms with Crippen molar-refractivity contribution in [3.63, 3.8) is 0 Å². The van der Waals surface area contributed by atoms with Crippen molar-refractivity contribution in [2.24, 2.45) is 35.5 Å². The van der Waals surface area contributed by atoms with Gasteiger partial charge in [-0.2, -0.15) is 0 Å². The molecule has 16 atom stereocenters. The molecule has 4 N–H and O–H groups in total. The molecule has 14 nitrogen and oxygen atoms in total. The summed E-state index contributed by atoms with van der Waals surface area (Å²) in [4.78, 5) is 71.0. The number of ether oxygens (including phenoxy) is 4. The van der Waals surface area contributed by atoms with Crippen molar-refractivity contribution >= 4 is 29.2 Å². The molecule has 3 aliphatic heterocycles. The van der Waals surface area contributed by atoms with Crippen LogP contribution in [0.5, 0.6) is 0 Å². The Morgan fingerprint density at radius 3 is 2.18 bits per heavy atom. The molecular formula is C51H79NO13. The molecule has 0 radical (unpaired) electrons. The number of hydrogen-bond donors (Lipinski definition) is 4. The van der Waals surface area contributed by atoms with Gasteiger partial charge in [-0.05, 0) is 107 Å². The normalized spacial score (nSPS) is 41.4. The number of hydrogen-bond acceptors (Lipinski definition) is 13. The van der Waals surface area contributed by atoms with Gasteiger partial charge in [0.05, 0.1) is 30.5 Å². The summed E-state index contributed by atoms with van der Waals surface area (Å²) < 4.78 is 23.0. The molecule has 1 aliphatic carbocycles. The summed E-state index contributed by atoms with van der Waals surface area (Å²) in [7, 11) is 4.50. The predicted octanol–water partition coefficient (Wildman–Crippen LogP) is 5.57. The number of cyclic esters (lactones) is 1. The molecule has 0 unspecified atom stereocenters. The fourth-order valence-electron chi connectivity index (χ4n) is 10.5. The van der Waals surface area contributed by atoms with E-state index in [1.54, 1.807) is 48.0 Å². The van der Waals surface area contributed by atoms with Crippen LogP contribution >= 0.6 is 0 Å². The summed E-state index contributed by atoms with van der Waals surface area (Å²) in [6, 6.07) is -2.00. The van der Waals surface area contributed by atoms with Gasteiger partial charge < -0.3 is 44.3 Å². The number of Topliss-reactive ketones (excluding diaryl/α,β-unsaturated/α-hetero) is 3. The van der Waals surface area contributed by atoms with Gasteiger partial charge in [0.2, 0.25) is 5.60 Å². The predicted molar refractivity (Wildman–Crippen MR) is 245 cm³/mol. The van der Waals surface area contributed by atoms with Crippen LogP contribution in [-0.2, 0) is 42.9 Å². The molecule has 65 heavy (non-hydrogen) atoms. The van der Waals surface area contributed by atoms with Crippen LogP contribution in [0.3, 0.4) is 0 Å². The smallest absolute Gasteiger partial charge is 0.329 e. The second-order valence-corrected chi connectivity index (χ2v) is 19.8. The third-order valence-electron chi connectivity index (χ3n) is 14.7. The number of methoxy groups -OCH3 is 3. The lowest BCUT2D eigenvalue weighted by molar-refractivity contribution is -0.211. The number of fused-ring (bicyclic) bond motifs is 2. The molecule has 0 aromatic rings. The Kier molecular flexibility index (Phi) is 20.5. The number of rotatable bonds is 6. The first-order valence-electron chi connectivity index (χ1n) is 23.9. The number of esters is 1. The number of piperidine rings is 1. The van der Waals surface area contributed by atoms with E-state index in [1.165, 1.54) is 12.0 Å². The molecule has 1 saturated carbocycles. The highest BCUT2D eigenvalue weighted by atomic mass is 16.5. The van der Waals surface area contributed by atoms with E-state index in [9.17, 15) is 44.4 Å². The van der Waals surface area contributed by atoms with Gasteiger partial charge in [0.15, 0.2) is 11.6 Å². The minimum absolute atomic E-state index is 0.0188. The number of β-lactam (4-membered cyclic amide) rings is 1. The maximum Gasteiger partial charge on any atom is 0.329 e. The Bertz CT molecular complexity index is 1770. The average molecular weight is 914 g/mol. The maximum absolute atomic E-state index is 14.2. The lowest BCUT2D eigenvalue weighted by Crippen LogP contribution is -2.81. The van der Waals surface area contributed by atoms with Crippen LogP contribution in [0.1, 0.15) is 126 Å². The molecule has 14 heteroatoms. The van der Waals surface area contributed by atoms with Crippen LogP contribution in [0, 0.1) is 35.5 Å². The highest BCUT2D eigenvalue weighted by Crippen LogP contribution is 2.44. The van der Waals surface area contributed by atoms with Crippen LogP contribution < -0.4 is 0 Å². The molecule has 0 aromatic carbocycles. The van der Waals surface area contributed by atoms with Gasteiger partial charge in [0.1, 0.15) is 30.1 Å². The summed E-state index contributed by atoms with van der Waals surface area (Å²) in [6.07, 6.45) is 10.1. The van der Waals surface area contributed by atoms with Crippen molar-refractivity contribution in [2.75, 3.05) is 21.3 Å². The topological polar surface area (TPSA) is 206 Å². The highest BCUT2D eigenvalue weighted by Gasteiger charge is 2.68. The van der Waals surface area contributed by atoms with Crippen molar-refractivity contribution in [3.8, 4) is 0 Å². The zero-order chi connectivity index (χ0) is 48.3. The van der Waals surface area contributed by atoms with Gasteiger partial charge in [-0.1, -0.05) is 71.1 Å². The molecule has 4 rings (SSSR count). The number of carbonyl (C=O) groups is 5. The van der Waals surface area contributed by atoms with E-state index in [4.69, 9.17) is 18.9 Å². The number of nitrogens with zero attached hydrogens (tertiary/aromatic N) is 1. The zero-order valence-corrected chi connectivity index (χ0v) is 40.5. The van der Waals surface area contributed by atoms with E-state index in [0.717, 1.165) is 12.0 Å². The Balaban J connectivity index is 1.64. The number of amides is 1. The quantitative estimate of drug-likeness (QED) is 0.112. The fourth-order valence-corrected chi connectivity index (χ4v) is 10.5. The van der Waals surface area contributed by atoms with E-state index in [-0.39, 0.29) is 67.5 Å². The van der Waals surface area contributed by atoms with Gasteiger partial charge in [0.25, 0.3) is 5.91 Å². The van der Waals surface area contributed by atoms with Crippen LogP contribution in [0.15, 0.2) is 47.6 Å². The van der Waals surface area contributed by atoms with E-state index >= 15 is 0 Å². The number of allylic oxidation sites excluding steroid dienone is 6. The molecule has 0 spiro atoms. The van der Waals surface area contributed by atoms with Crippen molar-refractivity contribution in [1.82, 2.24) is 4.90 Å². The molecule has 3 fully saturated rings. The lowest BCUT2D eigenvalue weighted by atomic mass is 9.69. The van der Waals surface area contributed by atoms with E-state index in [2.05, 4.69) is 0 Å². The molecule has 1 amide bonds. The largest absolute Gasteiger partial charge is 0.460 e. The first kappa shape index (κ1) is 54.2. The second kappa shape index (κ2) is 24.6. The number of ketones is 3. The summed E-state index contributed by atoms with van der Waals surface area (Å²) in [5.74, 6) is -4.88. The first-order chi connectivity index (χ1) is 30.7. The number of carbonyl (C=O) groups excluding carboxylic acids is 5. The molecule has 4 aliphatic rings. The lowest BCUT2D eigenvalue weighted by Gasteiger charge is -2.57. The van der Waals surface area contributed by atoms with Gasteiger partial charge in [0, 0.05) is 51.9 Å². The summed E-state index contributed by atoms with van der Waals surface area (Å²) in [6.45, 7) is 12.6. The van der Waals surface area contributed by atoms with Crippen molar-refractivity contribution in [1.29, 1.82) is 0 Å². The van der Waals surface area contributed by atoms with Crippen molar-refractivity contribution < 1.29 is 63.3 Å². The summed E-state index contributed by atoms with van der Waals surface area (Å²) in [5, 5.41) is 44.7. The molecule has 2 saturated heterocycles. The Morgan fingerprint density at radius 1 is 0.815 bits per heavy atom. The third kappa shape index (κ3) is 13.4. The molecular weight excluding hydrogens is 835 g/mol. The number of aliphatic hydroxyl groups excluding tert-OH is 3. The van der Waals surface area contributed by atoms with Crippen LogP contribution in [0.25, 0.3) is 0 Å². The van der Waals surface area contributed by atoms with Gasteiger partial charge in [-0.3, -0.25) is 19.2 Å². The summed E-state index contributed by atoms with van der Waals surface area (Å²) >= 11 is 0. The standard InChI is InChI=1S/C51H79NO13/c1-29-15-12-11-13-16-30(2)41(62-8)27-37(53)21-19-31(3)48(58)51(61)44-18-14-17-38(52(44)50(51)60)49(59)65-42(33(5)25-36-20-22-39(54)43(26-36)63-9)28-40(55)32(4)24-35(7)46(57)47(64-10)45(56)34(6)23-29/h11-13,15-16,24,29,31-34,36-39,41-44,46-47,53-54,57,61H,14,17-23,25-28H2,1-10H3/b13-11-,15-12-,30-16-,35-24-/t29-,31-,32-,33-,34-,36+,37+,38+,39-,41+,42+,43-,44-,46-,47+,51+/m1/s1. The zero-order valence-electron chi connectivity index (χ0n) is 40.5. The second-order valence-electron chi connectivity index (χ2n) is 19.8. The third-order valence-corrected chi connectivity index (χ3v) is 14.7. The average Bonchev–Trinajstić information content (AvgIpc) is 3.28. The monoisotopic (exact) mass is 914 g/mol. The van der Waals surface area contributed by atoms with Crippen LogP contribution in [-0.4, -0.2) is 136 Å². The van der Waals surface area contributed by atoms with Crippen LogP contribution in [0.2, 0.25) is 0 Å². The van der Waals surface area contributed by atoms with E-state index in [1.807, 2.05) is 51.2 Å². The number of aliphatic hydroxyl groups is 4. The van der Waals surface area contributed by atoms with Gasteiger partial charge >= 0.3 is 5.97 Å². The fraction of sp³-hybridized carbons (Fsp3) is 0.745. The Hall–Kier alpha value is -3.37. The highest BCUT2D eigenvalue weighted by molar-refractivity contribution is 6.16. The summed E-state index contributed by atoms with van der Waals surface area (Å²) in [5.41, 5.74) is -1.05. The van der Waals surface area contributed by atoms with Crippen LogP contribution in [0.4, 0.5) is 0 Å². The molecule has 0 aromatic heterocycles. The Labute approximate surface area is 386 Å². The van der Waals surface area contributed by atoms with Crippen molar-refractivity contribution in [2.45, 2.75) is 186 Å². The minimum Gasteiger partial charge on any atom is -0.460 e. The van der Waals surface area contributed by atoms with Crippen molar-refractivity contribution in [3.05, 3.63) is 47.6 Å². The van der Waals surface area contributed by atoms with E-state index < -0.39 is 89.7 Å². The van der Waals surface area contributed by atoms with E-state index in [0.29, 0.717) is 44.1 Å². The maximum atomic E-state index is 14.2. The Morgan fingerprint density at radius 2 is 1.52 bits per heavy atom. The SMILES string of the molecule is CO[C@H]1C[C@@H](O)CC[C@@H](C)C(=O)[C@]2(O)C(=O)N3[C@@H](CCC[C@@H]32)C(=O)O[C@H]([C@H](C)C[C@@H]2CC[C@@H](O)[C@H](OC)C2)CC(=O)[C@H](C)/C=C(/C)[C@@H](O)[C@@H](OC)C(=O)[C@H](C)C[C@H](C)\C=C/C=C\C=C/1C. The van der Waals surface area contributed by atoms with Gasteiger partial charge in [-0.25, -0.2) is 4.79 Å². The molecule has 366 valence electrons. The minimum atomic E-state index is -2.31. The van der Waals surface area contributed by atoms with Gasteiger partial charge in [-0.15, -0.1) is 0 Å².